The second-order valence-electron chi connectivity index (χ2n) is 6.07. The minimum absolute atomic E-state index is 0.0862. The lowest BCUT2D eigenvalue weighted by Gasteiger charge is -2.15. The molecule has 0 radical (unpaired) electrons. The van der Waals surface area contributed by atoms with E-state index >= 15 is 0 Å². The largest absolute Gasteiger partial charge is 0.441 e. The molecule has 1 fully saturated rings. The highest BCUT2D eigenvalue weighted by Gasteiger charge is 2.28. The van der Waals surface area contributed by atoms with Crippen molar-refractivity contribution in [3.63, 3.8) is 0 Å². The van der Waals surface area contributed by atoms with Gasteiger partial charge in [0.05, 0.1) is 6.54 Å². The van der Waals surface area contributed by atoms with Gasteiger partial charge in [-0.1, -0.05) is 5.16 Å². The lowest BCUT2D eigenvalue weighted by molar-refractivity contribution is 0.0782. The maximum Gasteiger partial charge on any atom is 0.254 e. The van der Waals surface area contributed by atoms with Crippen LogP contribution in [0.15, 0.2) is 33.2 Å². The summed E-state index contributed by atoms with van der Waals surface area (Å²) >= 11 is 0. The van der Waals surface area contributed by atoms with Gasteiger partial charge >= 0.3 is 0 Å². The van der Waals surface area contributed by atoms with E-state index in [9.17, 15) is 4.79 Å². The Bertz CT molecular complexity index is 876. The SMILES string of the molecule is Cc1nc2ccc(C(=O)N(C)Cc3cc(C4CC4)on3)cc2o1. The van der Waals surface area contributed by atoms with Crippen LogP contribution in [0.5, 0.6) is 0 Å². The van der Waals surface area contributed by atoms with Crippen LogP contribution in [-0.2, 0) is 6.54 Å². The third-order valence-corrected chi connectivity index (χ3v) is 4.05. The van der Waals surface area contributed by atoms with Crippen molar-refractivity contribution in [1.82, 2.24) is 15.0 Å². The molecule has 1 saturated carbocycles. The molecule has 118 valence electrons. The van der Waals surface area contributed by atoms with Crippen molar-refractivity contribution >= 4 is 17.0 Å². The maximum atomic E-state index is 12.6. The lowest BCUT2D eigenvalue weighted by atomic mass is 10.2. The molecule has 0 spiro atoms. The van der Waals surface area contributed by atoms with E-state index in [2.05, 4.69) is 10.1 Å². The van der Waals surface area contributed by atoms with Gasteiger partial charge in [0.25, 0.3) is 5.91 Å². The van der Waals surface area contributed by atoms with E-state index in [1.165, 1.54) is 12.8 Å². The highest BCUT2D eigenvalue weighted by molar-refractivity contribution is 5.96. The fourth-order valence-electron chi connectivity index (χ4n) is 2.67. The van der Waals surface area contributed by atoms with Crippen LogP contribution in [0.1, 0.15) is 46.5 Å². The standard InChI is InChI=1S/C17H17N3O3/c1-10-18-14-6-5-12(7-16(14)22-10)17(21)20(2)9-13-8-15(23-19-13)11-3-4-11/h5-8,11H,3-4,9H2,1-2H3. The molecule has 1 aliphatic rings. The van der Waals surface area contributed by atoms with Crippen LogP contribution in [0.3, 0.4) is 0 Å². The summed E-state index contributed by atoms with van der Waals surface area (Å²) in [7, 11) is 1.75. The van der Waals surface area contributed by atoms with Crippen LogP contribution < -0.4 is 0 Å². The lowest BCUT2D eigenvalue weighted by Crippen LogP contribution is -2.26. The molecule has 0 atom stereocenters. The van der Waals surface area contributed by atoms with Crippen molar-refractivity contribution < 1.29 is 13.7 Å². The molecule has 1 aromatic carbocycles. The summed E-state index contributed by atoms with van der Waals surface area (Å²) in [5.74, 6) is 1.96. The minimum Gasteiger partial charge on any atom is -0.441 e. The third-order valence-electron chi connectivity index (χ3n) is 4.05. The molecule has 2 aromatic heterocycles. The number of oxazole rings is 1. The van der Waals surface area contributed by atoms with Gasteiger partial charge in [-0.3, -0.25) is 4.79 Å². The number of aryl methyl sites for hydroxylation is 1. The molecule has 0 unspecified atom stereocenters. The number of hydrogen-bond donors (Lipinski definition) is 0. The zero-order valence-electron chi connectivity index (χ0n) is 13.1. The second kappa shape index (κ2) is 5.22. The van der Waals surface area contributed by atoms with Gasteiger partial charge in [0.2, 0.25) is 0 Å². The average molecular weight is 311 g/mol. The second-order valence-corrected chi connectivity index (χ2v) is 6.07. The summed E-state index contributed by atoms with van der Waals surface area (Å²) in [6, 6.07) is 7.24. The molecule has 1 amide bonds. The van der Waals surface area contributed by atoms with Gasteiger partial charge in [0, 0.05) is 31.5 Å². The number of fused-ring (bicyclic) bond motifs is 1. The number of rotatable bonds is 4. The number of carbonyl (C=O) groups excluding carboxylic acids is 1. The van der Waals surface area contributed by atoms with Crippen molar-refractivity contribution in [2.24, 2.45) is 0 Å². The molecule has 23 heavy (non-hydrogen) atoms. The summed E-state index contributed by atoms with van der Waals surface area (Å²) in [6.45, 7) is 2.21. The van der Waals surface area contributed by atoms with Crippen LogP contribution in [0.2, 0.25) is 0 Å². The average Bonchev–Trinajstić information content (AvgIpc) is 3.16. The van der Waals surface area contributed by atoms with Gasteiger partial charge in [-0.05, 0) is 31.0 Å². The Morgan fingerprint density at radius 2 is 2.17 bits per heavy atom. The van der Waals surface area contributed by atoms with E-state index in [-0.39, 0.29) is 5.91 Å². The van der Waals surface area contributed by atoms with Crippen molar-refractivity contribution in [3.05, 3.63) is 47.2 Å². The van der Waals surface area contributed by atoms with Gasteiger partial charge in [-0.25, -0.2) is 4.98 Å². The van der Waals surface area contributed by atoms with E-state index in [0.717, 1.165) is 17.0 Å². The van der Waals surface area contributed by atoms with Gasteiger partial charge < -0.3 is 13.8 Å². The van der Waals surface area contributed by atoms with E-state index in [1.807, 2.05) is 6.07 Å². The molecular formula is C17H17N3O3. The summed E-state index contributed by atoms with van der Waals surface area (Å²) in [6.07, 6.45) is 2.33. The fourth-order valence-corrected chi connectivity index (χ4v) is 2.67. The summed E-state index contributed by atoms with van der Waals surface area (Å²) in [5, 5.41) is 4.05. The van der Waals surface area contributed by atoms with Crippen LogP contribution in [0.4, 0.5) is 0 Å². The molecule has 0 saturated heterocycles. The molecular weight excluding hydrogens is 294 g/mol. The molecule has 3 aromatic rings. The number of nitrogens with zero attached hydrogens (tertiary/aromatic N) is 3. The predicted molar refractivity (Wildman–Crippen MR) is 83.0 cm³/mol. The first kappa shape index (κ1) is 14.0. The predicted octanol–water partition coefficient (Wildman–Crippen LogP) is 3.27. The zero-order chi connectivity index (χ0) is 16.0. The van der Waals surface area contributed by atoms with E-state index in [1.54, 1.807) is 37.1 Å². The quantitative estimate of drug-likeness (QED) is 0.739. The van der Waals surface area contributed by atoms with Gasteiger partial charge in [0.15, 0.2) is 11.5 Å². The van der Waals surface area contributed by atoms with Gasteiger partial charge in [-0.15, -0.1) is 0 Å². The number of benzene rings is 1. The highest BCUT2D eigenvalue weighted by Crippen LogP contribution is 2.40. The Hall–Kier alpha value is -2.63. The molecule has 0 N–H and O–H groups in total. The van der Waals surface area contributed by atoms with Crippen LogP contribution in [0.25, 0.3) is 11.1 Å². The van der Waals surface area contributed by atoms with Gasteiger partial charge in [-0.2, -0.15) is 0 Å². The summed E-state index contributed by atoms with van der Waals surface area (Å²) < 4.78 is 10.8. The molecule has 1 aliphatic carbocycles. The minimum atomic E-state index is -0.0862. The first-order valence-corrected chi connectivity index (χ1v) is 7.68. The van der Waals surface area contributed by atoms with Crippen LogP contribution >= 0.6 is 0 Å². The first-order valence-electron chi connectivity index (χ1n) is 7.68. The maximum absolute atomic E-state index is 12.6. The number of carbonyl (C=O) groups is 1. The number of hydrogen-bond acceptors (Lipinski definition) is 5. The normalized spacial score (nSPS) is 14.3. The Morgan fingerprint density at radius 1 is 1.35 bits per heavy atom. The van der Waals surface area contributed by atoms with Crippen molar-refractivity contribution in [2.45, 2.75) is 32.2 Å². The molecule has 4 rings (SSSR count). The molecule has 2 heterocycles. The summed E-state index contributed by atoms with van der Waals surface area (Å²) in [4.78, 5) is 18.4. The van der Waals surface area contributed by atoms with Crippen molar-refractivity contribution in [1.29, 1.82) is 0 Å². The van der Waals surface area contributed by atoms with E-state index in [4.69, 9.17) is 8.94 Å². The Balaban J connectivity index is 1.51. The molecule has 6 nitrogen and oxygen atoms in total. The van der Waals surface area contributed by atoms with Gasteiger partial charge in [0.1, 0.15) is 17.0 Å². The van der Waals surface area contributed by atoms with Crippen LogP contribution in [-0.4, -0.2) is 28.0 Å². The molecule has 6 heteroatoms. The smallest absolute Gasteiger partial charge is 0.254 e. The van der Waals surface area contributed by atoms with E-state index < -0.39 is 0 Å². The molecule has 0 aliphatic heterocycles. The number of aromatic nitrogens is 2. The third kappa shape index (κ3) is 2.72. The Kier molecular flexibility index (Phi) is 3.18. The number of amides is 1. The highest BCUT2D eigenvalue weighted by atomic mass is 16.5. The van der Waals surface area contributed by atoms with E-state index in [0.29, 0.717) is 29.5 Å². The van der Waals surface area contributed by atoms with Crippen LogP contribution in [0, 0.1) is 6.92 Å². The first-order chi connectivity index (χ1) is 11.1. The van der Waals surface area contributed by atoms with Crippen molar-refractivity contribution in [3.8, 4) is 0 Å². The molecule has 0 bridgehead atoms. The fraction of sp³-hybridized carbons (Fsp3) is 0.353. The monoisotopic (exact) mass is 311 g/mol. The Labute approximate surface area is 133 Å². The summed E-state index contributed by atoms with van der Waals surface area (Å²) in [5.41, 5.74) is 2.73. The van der Waals surface area contributed by atoms with Crippen molar-refractivity contribution in [2.75, 3.05) is 7.05 Å². The topological polar surface area (TPSA) is 72.4 Å². The Morgan fingerprint density at radius 3 is 2.96 bits per heavy atom. The zero-order valence-corrected chi connectivity index (χ0v) is 13.1.